The molecule has 0 amide bonds. The quantitative estimate of drug-likeness (QED) is 0.553. The van der Waals surface area contributed by atoms with Crippen LogP contribution in [0.4, 0.5) is 0 Å². The van der Waals surface area contributed by atoms with E-state index in [0.29, 0.717) is 5.84 Å². The van der Waals surface area contributed by atoms with Gasteiger partial charge in [0.25, 0.3) is 0 Å². The first kappa shape index (κ1) is 9.71. The highest BCUT2D eigenvalue weighted by Gasteiger charge is 2.06. The van der Waals surface area contributed by atoms with E-state index in [1.165, 1.54) is 5.39 Å². The molecule has 2 heteroatoms. The number of hydrogen-bond acceptors (Lipinski definition) is 1. The number of amidine groups is 1. The number of fused-ring (bicyclic) bond motifs is 1. The minimum atomic E-state index is 0.548. The molecular weight excluding hydrogens is 184 g/mol. The van der Waals surface area contributed by atoms with Crippen molar-refractivity contribution in [2.75, 3.05) is 14.1 Å². The molecule has 0 bridgehead atoms. The van der Waals surface area contributed by atoms with E-state index in [4.69, 9.17) is 5.41 Å². The Bertz CT molecular complexity index is 495. The van der Waals surface area contributed by atoms with Crippen molar-refractivity contribution in [2.45, 2.75) is 0 Å². The van der Waals surface area contributed by atoms with Crippen LogP contribution in [0, 0.1) is 5.41 Å². The number of benzene rings is 2. The molecule has 15 heavy (non-hydrogen) atoms. The van der Waals surface area contributed by atoms with Crippen LogP contribution in [0.15, 0.2) is 42.5 Å². The fraction of sp³-hybridized carbons (Fsp3) is 0.154. The molecule has 2 aromatic carbocycles. The summed E-state index contributed by atoms with van der Waals surface area (Å²) in [7, 11) is 3.79. The van der Waals surface area contributed by atoms with Crippen LogP contribution in [0.25, 0.3) is 10.8 Å². The predicted molar refractivity (Wildman–Crippen MR) is 64.5 cm³/mol. The van der Waals surface area contributed by atoms with Crippen LogP contribution in [-0.2, 0) is 0 Å². The van der Waals surface area contributed by atoms with E-state index in [1.807, 2.05) is 43.3 Å². The van der Waals surface area contributed by atoms with Crippen LogP contribution in [0.1, 0.15) is 5.56 Å². The molecule has 2 rings (SSSR count). The first-order valence-electron chi connectivity index (χ1n) is 4.94. The zero-order valence-corrected chi connectivity index (χ0v) is 8.99. The van der Waals surface area contributed by atoms with Crippen molar-refractivity contribution in [1.29, 1.82) is 5.41 Å². The van der Waals surface area contributed by atoms with Crippen molar-refractivity contribution in [1.82, 2.24) is 4.90 Å². The zero-order chi connectivity index (χ0) is 10.8. The minimum absolute atomic E-state index is 0.548. The summed E-state index contributed by atoms with van der Waals surface area (Å²) in [6, 6.07) is 14.2. The summed E-state index contributed by atoms with van der Waals surface area (Å²) in [5.74, 6) is 0.548. The lowest BCUT2D eigenvalue weighted by molar-refractivity contribution is 0.620. The maximum Gasteiger partial charge on any atom is 0.128 e. The van der Waals surface area contributed by atoms with E-state index in [9.17, 15) is 0 Å². The summed E-state index contributed by atoms with van der Waals surface area (Å²) >= 11 is 0. The van der Waals surface area contributed by atoms with Gasteiger partial charge in [-0.15, -0.1) is 0 Å². The van der Waals surface area contributed by atoms with Gasteiger partial charge in [-0.25, -0.2) is 0 Å². The van der Waals surface area contributed by atoms with Crippen LogP contribution >= 0.6 is 0 Å². The van der Waals surface area contributed by atoms with Crippen LogP contribution < -0.4 is 0 Å². The van der Waals surface area contributed by atoms with Crippen molar-refractivity contribution in [3.8, 4) is 0 Å². The summed E-state index contributed by atoms with van der Waals surface area (Å²) in [6.45, 7) is 0. The number of hydrogen-bond donors (Lipinski definition) is 1. The van der Waals surface area contributed by atoms with Crippen molar-refractivity contribution in [2.24, 2.45) is 0 Å². The van der Waals surface area contributed by atoms with E-state index in [2.05, 4.69) is 18.2 Å². The van der Waals surface area contributed by atoms with Gasteiger partial charge in [-0.1, -0.05) is 42.5 Å². The second-order valence-corrected chi connectivity index (χ2v) is 3.77. The Morgan fingerprint density at radius 2 is 1.67 bits per heavy atom. The summed E-state index contributed by atoms with van der Waals surface area (Å²) in [5.41, 5.74) is 0.984. The lowest BCUT2D eigenvalue weighted by Gasteiger charge is -2.15. The molecule has 0 saturated heterocycles. The second kappa shape index (κ2) is 3.73. The highest BCUT2D eigenvalue weighted by Crippen LogP contribution is 2.19. The Hall–Kier alpha value is -1.83. The predicted octanol–water partition coefficient (Wildman–Crippen LogP) is 2.73. The smallest absolute Gasteiger partial charge is 0.128 e. The maximum atomic E-state index is 7.99. The van der Waals surface area contributed by atoms with Gasteiger partial charge in [-0.05, 0) is 10.8 Å². The van der Waals surface area contributed by atoms with Crippen LogP contribution in [0.3, 0.4) is 0 Å². The molecule has 0 fully saturated rings. The first-order chi connectivity index (χ1) is 7.20. The van der Waals surface area contributed by atoms with Gasteiger partial charge in [-0.2, -0.15) is 0 Å². The highest BCUT2D eigenvalue weighted by molar-refractivity contribution is 6.08. The summed E-state index contributed by atoms with van der Waals surface area (Å²) in [6.07, 6.45) is 0. The maximum absolute atomic E-state index is 7.99. The Morgan fingerprint density at radius 1 is 1.00 bits per heavy atom. The molecule has 0 aliphatic heterocycles. The molecule has 1 N–H and O–H groups in total. The topological polar surface area (TPSA) is 27.1 Å². The van der Waals surface area contributed by atoms with Crippen LogP contribution in [0.2, 0.25) is 0 Å². The average Bonchev–Trinajstić information content (AvgIpc) is 2.27. The van der Waals surface area contributed by atoms with Crippen LogP contribution in [0.5, 0.6) is 0 Å². The molecule has 2 aromatic rings. The van der Waals surface area contributed by atoms with Gasteiger partial charge in [0.05, 0.1) is 0 Å². The van der Waals surface area contributed by atoms with E-state index in [1.54, 1.807) is 0 Å². The molecule has 0 spiro atoms. The molecule has 0 atom stereocenters. The minimum Gasteiger partial charge on any atom is -0.363 e. The third kappa shape index (κ3) is 1.71. The third-order valence-electron chi connectivity index (χ3n) is 2.49. The fourth-order valence-corrected chi connectivity index (χ4v) is 1.67. The molecule has 0 radical (unpaired) electrons. The van der Waals surface area contributed by atoms with E-state index >= 15 is 0 Å². The highest BCUT2D eigenvalue weighted by atomic mass is 15.1. The van der Waals surface area contributed by atoms with Gasteiger partial charge in [-0.3, -0.25) is 5.41 Å². The lowest BCUT2D eigenvalue weighted by Crippen LogP contribution is -2.21. The molecule has 76 valence electrons. The zero-order valence-electron chi connectivity index (χ0n) is 8.99. The van der Waals surface area contributed by atoms with Gasteiger partial charge in [0.1, 0.15) is 5.84 Å². The normalized spacial score (nSPS) is 10.3. The third-order valence-corrected chi connectivity index (χ3v) is 2.49. The summed E-state index contributed by atoms with van der Waals surface area (Å²) in [5, 5.41) is 10.3. The van der Waals surface area contributed by atoms with Crippen molar-refractivity contribution in [3.63, 3.8) is 0 Å². The van der Waals surface area contributed by atoms with E-state index < -0.39 is 0 Å². The van der Waals surface area contributed by atoms with Gasteiger partial charge in [0, 0.05) is 19.7 Å². The number of nitrogens with zero attached hydrogens (tertiary/aromatic N) is 1. The average molecular weight is 198 g/mol. The largest absolute Gasteiger partial charge is 0.363 e. The first-order valence-corrected chi connectivity index (χ1v) is 4.94. The SMILES string of the molecule is CN(C)C(=N)c1cccc2ccccc12. The van der Waals surface area contributed by atoms with Gasteiger partial charge < -0.3 is 4.90 Å². The van der Waals surface area contributed by atoms with E-state index in [-0.39, 0.29) is 0 Å². The van der Waals surface area contributed by atoms with Gasteiger partial charge in [0.2, 0.25) is 0 Å². The van der Waals surface area contributed by atoms with Crippen molar-refractivity contribution in [3.05, 3.63) is 48.0 Å². The molecule has 0 saturated carbocycles. The summed E-state index contributed by atoms with van der Waals surface area (Å²) < 4.78 is 0. The van der Waals surface area contributed by atoms with Crippen molar-refractivity contribution >= 4 is 16.6 Å². The number of nitrogens with one attached hydrogen (secondary N) is 1. The summed E-state index contributed by atoms with van der Waals surface area (Å²) in [4.78, 5) is 1.82. The molecule has 0 heterocycles. The van der Waals surface area contributed by atoms with Crippen molar-refractivity contribution < 1.29 is 0 Å². The van der Waals surface area contributed by atoms with E-state index in [0.717, 1.165) is 10.9 Å². The van der Waals surface area contributed by atoms with Gasteiger partial charge >= 0.3 is 0 Å². The number of rotatable bonds is 1. The van der Waals surface area contributed by atoms with Crippen LogP contribution in [-0.4, -0.2) is 24.8 Å². The fourth-order valence-electron chi connectivity index (χ4n) is 1.67. The molecular formula is C13H14N2. The second-order valence-electron chi connectivity index (χ2n) is 3.77. The Kier molecular flexibility index (Phi) is 2.42. The molecule has 0 aliphatic carbocycles. The Morgan fingerprint density at radius 3 is 2.40 bits per heavy atom. The monoisotopic (exact) mass is 198 g/mol. The molecule has 2 nitrogen and oxygen atoms in total. The molecule has 0 aliphatic rings. The Balaban J connectivity index is 2.66. The Labute approximate surface area is 89.7 Å². The molecule has 0 aromatic heterocycles. The van der Waals surface area contributed by atoms with Gasteiger partial charge in [0.15, 0.2) is 0 Å². The lowest BCUT2D eigenvalue weighted by atomic mass is 10.0. The molecule has 0 unspecified atom stereocenters. The standard InChI is InChI=1S/C13H14N2/c1-15(2)13(14)12-9-5-7-10-6-3-4-8-11(10)12/h3-9,14H,1-2H3.